The standard InChI is InChI=1S/C10H20N2O5S/c1-7-5-3-4-6-12(7)18(16,17)11-9(8(2)13)10(14)15/h7-9,11,13H,3-6H2,1-2H3,(H,14,15). The molecule has 1 saturated heterocycles. The Hall–Kier alpha value is -0.700. The third-order valence-electron chi connectivity index (χ3n) is 3.08. The zero-order valence-corrected chi connectivity index (χ0v) is 11.4. The van der Waals surface area contributed by atoms with Crippen molar-refractivity contribution < 1.29 is 23.4 Å². The molecule has 1 rings (SSSR count). The molecule has 0 saturated carbocycles. The second-order valence-corrected chi connectivity index (χ2v) is 6.29. The van der Waals surface area contributed by atoms with E-state index in [0.29, 0.717) is 6.54 Å². The van der Waals surface area contributed by atoms with Crippen LogP contribution < -0.4 is 4.72 Å². The van der Waals surface area contributed by atoms with Gasteiger partial charge in [-0.1, -0.05) is 6.42 Å². The second kappa shape index (κ2) is 5.96. The number of nitrogens with one attached hydrogen (secondary N) is 1. The van der Waals surface area contributed by atoms with Gasteiger partial charge in [0, 0.05) is 12.6 Å². The third kappa shape index (κ3) is 3.64. The normalized spacial score (nSPS) is 25.6. The Bertz CT molecular complexity index is 395. The van der Waals surface area contributed by atoms with Gasteiger partial charge in [0.25, 0.3) is 10.2 Å². The molecular formula is C10H20N2O5S. The van der Waals surface area contributed by atoms with Crippen LogP contribution in [0.25, 0.3) is 0 Å². The molecule has 1 heterocycles. The first-order valence-electron chi connectivity index (χ1n) is 5.95. The number of nitrogens with zero attached hydrogens (tertiary/aromatic N) is 1. The number of piperidine rings is 1. The fourth-order valence-electron chi connectivity index (χ4n) is 2.01. The van der Waals surface area contributed by atoms with Crippen molar-refractivity contribution >= 4 is 16.2 Å². The molecule has 0 bridgehead atoms. The molecule has 1 fully saturated rings. The van der Waals surface area contributed by atoms with Gasteiger partial charge in [-0.15, -0.1) is 0 Å². The molecule has 7 nitrogen and oxygen atoms in total. The molecule has 0 aromatic heterocycles. The van der Waals surface area contributed by atoms with Gasteiger partial charge in [0.05, 0.1) is 6.10 Å². The minimum atomic E-state index is -3.88. The molecule has 0 amide bonds. The largest absolute Gasteiger partial charge is 0.480 e. The number of hydrogen-bond donors (Lipinski definition) is 3. The maximum absolute atomic E-state index is 12.1. The molecule has 3 N–H and O–H groups in total. The molecule has 106 valence electrons. The number of aliphatic hydroxyl groups excluding tert-OH is 1. The van der Waals surface area contributed by atoms with Crippen molar-refractivity contribution in [1.29, 1.82) is 0 Å². The van der Waals surface area contributed by atoms with Crippen molar-refractivity contribution in [2.45, 2.75) is 51.3 Å². The van der Waals surface area contributed by atoms with E-state index in [1.165, 1.54) is 11.2 Å². The molecular weight excluding hydrogens is 260 g/mol. The van der Waals surface area contributed by atoms with E-state index in [4.69, 9.17) is 5.11 Å². The lowest BCUT2D eigenvalue weighted by atomic mass is 10.1. The predicted molar refractivity (Wildman–Crippen MR) is 65.2 cm³/mol. The Morgan fingerprint density at radius 1 is 1.44 bits per heavy atom. The van der Waals surface area contributed by atoms with Gasteiger partial charge in [0.2, 0.25) is 0 Å². The molecule has 0 aromatic rings. The Kier molecular flexibility index (Phi) is 5.09. The van der Waals surface area contributed by atoms with Gasteiger partial charge in [-0.3, -0.25) is 4.79 Å². The number of aliphatic hydroxyl groups is 1. The average molecular weight is 280 g/mol. The Labute approximate surface area is 107 Å². The van der Waals surface area contributed by atoms with Gasteiger partial charge < -0.3 is 10.2 Å². The van der Waals surface area contributed by atoms with E-state index in [1.54, 1.807) is 6.92 Å². The number of carboxylic acids is 1. The summed E-state index contributed by atoms with van der Waals surface area (Å²) in [5.41, 5.74) is 0. The summed E-state index contributed by atoms with van der Waals surface area (Å²) in [6.45, 7) is 3.40. The molecule has 1 aliphatic rings. The molecule has 3 unspecified atom stereocenters. The number of aliphatic carboxylic acids is 1. The minimum absolute atomic E-state index is 0.153. The first-order valence-corrected chi connectivity index (χ1v) is 7.39. The molecule has 0 aliphatic carbocycles. The fraction of sp³-hybridized carbons (Fsp3) is 0.900. The van der Waals surface area contributed by atoms with Crippen molar-refractivity contribution in [3.05, 3.63) is 0 Å². The highest BCUT2D eigenvalue weighted by Gasteiger charge is 2.35. The van der Waals surface area contributed by atoms with Gasteiger partial charge in [-0.05, 0) is 26.7 Å². The first kappa shape index (κ1) is 15.4. The topological polar surface area (TPSA) is 107 Å². The highest BCUT2D eigenvalue weighted by molar-refractivity contribution is 7.87. The van der Waals surface area contributed by atoms with Crippen LogP contribution in [0.4, 0.5) is 0 Å². The number of carbonyl (C=O) groups is 1. The van der Waals surface area contributed by atoms with Gasteiger partial charge >= 0.3 is 5.97 Å². The number of rotatable bonds is 5. The highest BCUT2D eigenvalue weighted by atomic mass is 32.2. The van der Waals surface area contributed by atoms with Crippen LogP contribution in [0.1, 0.15) is 33.1 Å². The minimum Gasteiger partial charge on any atom is -0.480 e. The SMILES string of the molecule is CC(O)C(NS(=O)(=O)N1CCCCC1C)C(=O)O. The monoisotopic (exact) mass is 280 g/mol. The quantitative estimate of drug-likeness (QED) is 0.631. The first-order chi connectivity index (χ1) is 8.25. The zero-order chi connectivity index (χ0) is 13.9. The van der Waals surface area contributed by atoms with Gasteiger partial charge in [-0.2, -0.15) is 17.4 Å². The summed E-state index contributed by atoms with van der Waals surface area (Å²) in [6, 6.07) is -1.68. The van der Waals surface area contributed by atoms with Crippen molar-refractivity contribution in [2.75, 3.05) is 6.54 Å². The molecule has 8 heteroatoms. The lowest BCUT2D eigenvalue weighted by molar-refractivity contribution is -0.141. The van der Waals surface area contributed by atoms with Crippen LogP contribution in [0.2, 0.25) is 0 Å². The number of hydrogen-bond acceptors (Lipinski definition) is 4. The lowest BCUT2D eigenvalue weighted by Gasteiger charge is -2.33. The molecule has 3 atom stereocenters. The van der Waals surface area contributed by atoms with E-state index < -0.39 is 28.3 Å². The smallest absolute Gasteiger partial charge is 0.324 e. The fourth-order valence-corrected chi connectivity index (χ4v) is 3.71. The van der Waals surface area contributed by atoms with E-state index >= 15 is 0 Å². The lowest BCUT2D eigenvalue weighted by Crippen LogP contribution is -2.55. The highest BCUT2D eigenvalue weighted by Crippen LogP contribution is 2.19. The summed E-state index contributed by atoms with van der Waals surface area (Å²) in [6.07, 6.45) is 1.19. The molecule has 0 spiro atoms. The summed E-state index contributed by atoms with van der Waals surface area (Å²) < 4.78 is 27.4. The Balaban J connectivity index is 2.82. The van der Waals surface area contributed by atoms with E-state index in [1.807, 2.05) is 4.72 Å². The predicted octanol–water partition coefficient (Wildman–Crippen LogP) is -0.471. The summed E-state index contributed by atoms with van der Waals surface area (Å²) >= 11 is 0. The van der Waals surface area contributed by atoms with Crippen LogP contribution in [0.5, 0.6) is 0 Å². The average Bonchev–Trinajstić information content (AvgIpc) is 2.25. The Morgan fingerprint density at radius 3 is 2.50 bits per heavy atom. The van der Waals surface area contributed by atoms with Crippen molar-refractivity contribution in [1.82, 2.24) is 9.03 Å². The Morgan fingerprint density at radius 2 is 2.06 bits per heavy atom. The van der Waals surface area contributed by atoms with E-state index in [9.17, 15) is 18.3 Å². The third-order valence-corrected chi connectivity index (χ3v) is 4.79. The van der Waals surface area contributed by atoms with Crippen LogP contribution in [-0.4, -0.2) is 53.6 Å². The van der Waals surface area contributed by atoms with Crippen LogP contribution in [0, 0.1) is 0 Å². The summed E-state index contributed by atoms with van der Waals surface area (Å²) in [4.78, 5) is 10.9. The van der Waals surface area contributed by atoms with E-state index in [0.717, 1.165) is 19.3 Å². The summed E-state index contributed by atoms with van der Waals surface area (Å²) in [5, 5.41) is 18.1. The van der Waals surface area contributed by atoms with Crippen molar-refractivity contribution in [2.24, 2.45) is 0 Å². The molecule has 18 heavy (non-hydrogen) atoms. The molecule has 0 aromatic carbocycles. The van der Waals surface area contributed by atoms with Gasteiger partial charge in [0.15, 0.2) is 0 Å². The summed E-state index contributed by atoms with van der Waals surface area (Å²) in [7, 11) is -3.88. The summed E-state index contributed by atoms with van der Waals surface area (Å²) in [5.74, 6) is -1.39. The molecule has 0 radical (unpaired) electrons. The van der Waals surface area contributed by atoms with E-state index in [2.05, 4.69) is 0 Å². The van der Waals surface area contributed by atoms with Crippen molar-refractivity contribution in [3.63, 3.8) is 0 Å². The van der Waals surface area contributed by atoms with E-state index in [-0.39, 0.29) is 6.04 Å². The van der Waals surface area contributed by atoms with Gasteiger partial charge in [-0.25, -0.2) is 0 Å². The van der Waals surface area contributed by atoms with Gasteiger partial charge in [0.1, 0.15) is 6.04 Å². The maximum atomic E-state index is 12.1. The zero-order valence-electron chi connectivity index (χ0n) is 10.5. The van der Waals surface area contributed by atoms with Crippen LogP contribution >= 0.6 is 0 Å². The van der Waals surface area contributed by atoms with Crippen molar-refractivity contribution in [3.8, 4) is 0 Å². The van der Waals surface area contributed by atoms with Crippen LogP contribution in [0.3, 0.4) is 0 Å². The number of carboxylic acid groups (broad SMARTS) is 1. The van der Waals surface area contributed by atoms with Crippen LogP contribution in [-0.2, 0) is 15.0 Å². The van der Waals surface area contributed by atoms with Crippen LogP contribution in [0.15, 0.2) is 0 Å². The second-order valence-electron chi connectivity index (χ2n) is 4.63. The molecule has 1 aliphatic heterocycles. The maximum Gasteiger partial charge on any atom is 0.324 e.